The van der Waals surface area contributed by atoms with Crippen molar-refractivity contribution in [3.63, 3.8) is 0 Å². The number of benzene rings is 1. The molecule has 3 heterocycles. The van der Waals surface area contributed by atoms with Crippen molar-refractivity contribution in [1.82, 2.24) is 28.0 Å². The Labute approximate surface area is 181 Å². The summed E-state index contributed by atoms with van der Waals surface area (Å²) in [6.45, 7) is 10.3. The minimum atomic E-state index is -0.333. The Morgan fingerprint density at radius 3 is 2.39 bits per heavy atom. The smallest absolute Gasteiger partial charge is 0.313 e. The third kappa shape index (κ3) is 3.72. The maximum absolute atomic E-state index is 13.3. The first kappa shape index (κ1) is 21.1. The lowest BCUT2D eigenvalue weighted by Gasteiger charge is -2.18. The van der Waals surface area contributed by atoms with E-state index in [1.54, 1.807) is 7.05 Å². The van der Waals surface area contributed by atoms with Crippen molar-refractivity contribution in [3.05, 3.63) is 68.6 Å². The quantitative estimate of drug-likeness (QED) is 0.436. The van der Waals surface area contributed by atoms with Gasteiger partial charge < -0.3 is 9.47 Å². The molecule has 0 spiro atoms. The molecule has 0 aliphatic heterocycles. The van der Waals surface area contributed by atoms with E-state index in [0.717, 1.165) is 37.4 Å². The van der Waals surface area contributed by atoms with Crippen LogP contribution in [0.2, 0.25) is 0 Å². The molecule has 4 aromatic rings. The molecule has 164 valence electrons. The van der Waals surface area contributed by atoms with Gasteiger partial charge in [0, 0.05) is 38.6 Å². The molecule has 0 N–H and O–H groups in total. The number of aryl methyl sites for hydroxylation is 3. The largest absolute Gasteiger partial charge is 0.332 e. The summed E-state index contributed by atoms with van der Waals surface area (Å²) in [7, 11) is 1.68. The van der Waals surface area contributed by atoms with E-state index in [9.17, 15) is 9.59 Å². The predicted octanol–water partition coefficient (Wildman–Crippen LogP) is 2.04. The molecule has 0 unspecified atom stereocenters. The fraction of sp³-hybridized carbons (Fsp3) is 0.435. The molecule has 0 atom stereocenters. The van der Waals surface area contributed by atoms with Crippen LogP contribution in [0.15, 0.2) is 46.1 Å². The Balaban J connectivity index is 1.79. The zero-order chi connectivity index (χ0) is 22.1. The van der Waals surface area contributed by atoms with Gasteiger partial charge in [-0.2, -0.15) is 4.98 Å². The van der Waals surface area contributed by atoms with Crippen LogP contribution in [0.5, 0.6) is 0 Å². The van der Waals surface area contributed by atoms with Gasteiger partial charge in [-0.15, -0.1) is 0 Å². The SMILES string of the molecule is CCN(CC)CCn1c(C)cn2c3c(=O)n(CCc4ccccc4)c(=O)n(C)c3nc12. The molecule has 0 fully saturated rings. The molecule has 0 radical (unpaired) electrons. The molecule has 3 aromatic heterocycles. The van der Waals surface area contributed by atoms with E-state index in [4.69, 9.17) is 4.98 Å². The van der Waals surface area contributed by atoms with Crippen LogP contribution in [0.1, 0.15) is 25.1 Å². The number of hydrogen-bond donors (Lipinski definition) is 0. The standard InChI is InChI=1S/C23H30N6O2/c1-5-26(6-2)14-15-27-17(3)16-29-19-20(24-22(27)29)25(4)23(31)28(21(19)30)13-12-18-10-8-7-9-11-18/h7-11,16H,5-6,12-15H2,1-4H3. The summed E-state index contributed by atoms with van der Waals surface area (Å²) >= 11 is 0. The van der Waals surface area contributed by atoms with Gasteiger partial charge in [0.1, 0.15) is 0 Å². The molecule has 8 heteroatoms. The molecule has 1 aromatic carbocycles. The first-order valence-electron chi connectivity index (χ1n) is 10.9. The molecule has 0 aliphatic carbocycles. The number of aromatic nitrogens is 5. The first-order chi connectivity index (χ1) is 15.0. The monoisotopic (exact) mass is 422 g/mol. The second-order valence-electron chi connectivity index (χ2n) is 7.94. The molecule has 8 nitrogen and oxygen atoms in total. The van der Waals surface area contributed by atoms with Crippen LogP contribution in [0, 0.1) is 6.92 Å². The molecule has 0 saturated carbocycles. The van der Waals surface area contributed by atoms with Gasteiger partial charge >= 0.3 is 5.69 Å². The number of nitrogens with zero attached hydrogens (tertiary/aromatic N) is 6. The van der Waals surface area contributed by atoms with Gasteiger partial charge in [-0.3, -0.25) is 18.3 Å². The van der Waals surface area contributed by atoms with E-state index in [-0.39, 0.29) is 11.2 Å². The van der Waals surface area contributed by atoms with Gasteiger partial charge in [-0.05, 0) is 32.0 Å². The van der Waals surface area contributed by atoms with Crippen LogP contribution in [-0.4, -0.2) is 47.6 Å². The number of imidazole rings is 2. The summed E-state index contributed by atoms with van der Waals surface area (Å²) in [6, 6.07) is 9.89. The van der Waals surface area contributed by atoms with Gasteiger partial charge in [0.25, 0.3) is 5.56 Å². The average Bonchev–Trinajstić information content (AvgIpc) is 3.29. The van der Waals surface area contributed by atoms with Crippen LogP contribution in [0.4, 0.5) is 0 Å². The fourth-order valence-electron chi connectivity index (χ4n) is 4.20. The summed E-state index contributed by atoms with van der Waals surface area (Å²) in [4.78, 5) is 33.3. The maximum atomic E-state index is 13.3. The van der Waals surface area contributed by atoms with Crippen molar-refractivity contribution in [1.29, 1.82) is 0 Å². The number of rotatable bonds is 8. The average molecular weight is 423 g/mol. The minimum absolute atomic E-state index is 0.289. The second kappa shape index (κ2) is 8.55. The molecular weight excluding hydrogens is 392 g/mol. The number of hydrogen-bond acceptors (Lipinski definition) is 4. The van der Waals surface area contributed by atoms with Gasteiger partial charge in [-0.1, -0.05) is 44.2 Å². The molecule has 0 amide bonds. The van der Waals surface area contributed by atoms with Crippen LogP contribution in [0.25, 0.3) is 16.9 Å². The lowest BCUT2D eigenvalue weighted by atomic mass is 10.1. The highest BCUT2D eigenvalue weighted by atomic mass is 16.2. The molecule has 31 heavy (non-hydrogen) atoms. The highest BCUT2D eigenvalue weighted by Gasteiger charge is 2.20. The molecule has 4 rings (SSSR count). The topological polar surface area (TPSA) is 69.5 Å². The zero-order valence-electron chi connectivity index (χ0n) is 18.7. The summed E-state index contributed by atoms with van der Waals surface area (Å²) in [6.07, 6.45) is 2.56. The van der Waals surface area contributed by atoms with E-state index in [1.165, 1.54) is 9.13 Å². The minimum Gasteiger partial charge on any atom is -0.313 e. The Hall–Kier alpha value is -3.13. The van der Waals surface area contributed by atoms with E-state index in [0.29, 0.717) is 29.9 Å². The van der Waals surface area contributed by atoms with Crippen molar-refractivity contribution >= 4 is 16.9 Å². The molecule has 0 bridgehead atoms. The second-order valence-corrected chi connectivity index (χ2v) is 7.94. The van der Waals surface area contributed by atoms with Gasteiger partial charge in [-0.25, -0.2) is 4.79 Å². The van der Waals surface area contributed by atoms with Crippen molar-refractivity contribution < 1.29 is 0 Å². The summed E-state index contributed by atoms with van der Waals surface area (Å²) < 4.78 is 6.77. The number of fused-ring (bicyclic) bond motifs is 3. The fourth-order valence-corrected chi connectivity index (χ4v) is 4.20. The van der Waals surface area contributed by atoms with Crippen molar-refractivity contribution in [2.75, 3.05) is 19.6 Å². The Bertz CT molecular complexity index is 1320. The Kier molecular flexibility index (Phi) is 5.82. The lowest BCUT2D eigenvalue weighted by molar-refractivity contribution is 0.291. The lowest BCUT2D eigenvalue weighted by Crippen LogP contribution is -2.39. The normalized spacial score (nSPS) is 11.9. The third-order valence-electron chi connectivity index (χ3n) is 6.14. The highest BCUT2D eigenvalue weighted by Crippen LogP contribution is 2.16. The third-order valence-corrected chi connectivity index (χ3v) is 6.14. The summed E-state index contributed by atoms with van der Waals surface area (Å²) in [5.74, 6) is 0.701. The van der Waals surface area contributed by atoms with Crippen LogP contribution in [0.3, 0.4) is 0 Å². The molecular formula is C23H30N6O2. The van der Waals surface area contributed by atoms with E-state index in [1.807, 2.05) is 47.9 Å². The van der Waals surface area contributed by atoms with E-state index >= 15 is 0 Å². The zero-order valence-corrected chi connectivity index (χ0v) is 18.7. The van der Waals surface area contributed by atoms with Crippen LogP contribution in [-0.2, 0) is 26.6 Å². The van der Waals surface area contributed by atoms with Gasteiger partial charge in [0.05, 0.1) is 0 Å². The van der Waals surface area contributed by atoms with Gasteiger partial charge in [0.2, 0.25) is 5.78 Å². The Morgan fingerprint density at radius 1 is 1.00 bits per heavy atom. The highest BCUT2D eigenvalue weighted by molar-refractivity contribution is 5.75. The van der Waals surface area contributed by atoms with Crippen molar-refractivity contribution in [2.24, 2.45) is 7.05 Å². The molecule has 0 aliphatic rings. The van der Waals surface area contributed by atoms with E-state index < -0.39 is 0 Å². The van der Waals surface area contributed by atoms with Crippen LogP contribution < -0.4 is 11.2 Å². The van der Waals surface area contributed by atoms with E-state index in [2.05, 4.69) is 23.3 Å². The summed E-state index contributed by atoms with van der Waals surface area (Å²) in [5, 5.41) is 0. The molecule has 0 saturated heterocycles. The van der Waals surface area contributed by atoms with Gasteiger partial charge in [0.15, 0.2) is 11.2 Å². The van der Waals surface area contributed by atoms with Crippen molar-refractivity contribution in [2.45, 2.75) is 40.3 Å². The Morgan fingerprint density at radius 2 is 1.71 bits per heavy atom. The first-order valence-corrected chi connectivity index (χ1v) is 10.9. The van der Waals surface area contributed by atoms with Crippen LogP contribution >= 0.6 is 0 Å². The summed E-state index contributed by atoms with van der Waals surface area (Å²) in [5.41, 5.74) is 2.39. The number of likely N-dealkylation sites (N-methyl/N-ethyl adjacent to an activating group) is 1. The maximum Gasteiger partial charge on any atom is 0.332 e. The van der Waals surface area contributed by atoms with Crippen molar-refractivity contribution in [3.8, 4) is 0 Å². The predicted molar refractivity (Wildman–Crippen MR) is 123 cm³/mol.